The van der Waals surface area contributed by atoms with Crippen molar-refractivity contribution in [2.75, 3.05) is 12.4 Å². The smallest absolute Gasteiger partial charge is 0.228 e. The molecule has 0 aliphatic heterocycles. The first-order valence-corrected chi connectivity index (χ1v) is 10.3. The van der Waals surface area contributed by atoms with Crippen molar-refractivity contribution in [2.45, 2.75) is 50.7 Å². The summed E-state index contributed by atoms with van der Waals surface area (Å²) in [5.41, 5.74) is 2.88. The molecule has 0 saturated heterocycles. The zero-order chi connectivity index (χ0) is 20.7. The fourth-order valence-corrected chi connectivity index (χ4v) is 4.26. The summed E-state index contributed by atoms with van der Waals surface area (Å²) in [5.74, 6) is 1.05. The van der Waals surface area contributed by atoms with E-state index in [1.807, 2.05) is 31.5 Å². The first kappa shape index (κ1) is 18.8. The summed E-state index contributed by atoms with van der Waals surface area (Å²) in [6, 6.07) is 4.19. The molecule has 30 heavy (non-hydrogen) atoms. The van der Waals surface area contributed by atoms with Gasteiger partial charge in [0.05, 0.1) is 18.1 Å². The lowest BCUT2D eigenvalue weighted by molar-refractivity contribution is -0.00198. The van der Waals surface area contributed by atoms with Crippen molar-refractivity contribution >= 4 is 22.6 Å². The maximum absolute atomic E-state index is 10.5. The number of nitrogens with zero attached hydrogens (tertiary/aromatic N) is 5. The van der Waals surface area contributed by atoms with E-state index in [0.717, 1.165) is 54.3 Å². The lowest BCUT2D eigenvalue weighted by Gasteiger charge is -2.35. The topological polar surface area (TPSA) is 113 Å². The molecule has 4 aromatic rings. The first-order chi connectivity index (χ1) is 14.6. The Morgan fingerprint density at radius 2 is 2.17 bits per heavy atom. The van der Waals surface area contributed by atoms with Crippen molar-refractivity contribution in [1.82, 2.24) is 29.5 Å². The lowest BCUT2D eigenvalue weighted by Crippen LogP contribution is -2.38. The van der Waals surface area contributed by atoms with Gasteiger partial charge in [0.15, 0.2) is 5.65 Å². The van der Waals surface area contributed by atoms with E-state index in [0.29, 0.717) is 17.5 Å². The third-order valence-electron chi connectivity index (χ3n) is 6.19. The first-order valence-electron chi connectivity index (χ1n) is 10.3. The fourth-order valence-electron chi connectivity index (χ4n) is 4.26. The number of aromatic nitrogens is 6. The molecule has 9 nitrogen and oxygen atoms in total. The van der Waals surface area contributed by atoms with Crippen LogP contribution in [0.1, 0.15) is 39.0 Å². The quantitative estimate of drug-likeness (QED) is 0.466. The minimum absolute atomic E-state index is 0.240. The van der Waals surface area contributed by atoms with Crippen LogP contribution in [0.5, 0.6) is 5.88 Å². The number of ether oxygens (including phenoxy) is 1. The van der Waals surface area contributed by atoms with Crippen LogP contribution >= 0.6 is 0 Å². The Bertz CT molecular complexity index is 1190. The van der Waals surface area contributed by atoms with Crippen molar-refractivity contribution in [1.29, 1.82) is 0 Å². The highest BCUT2D eigenvalue weighted by Crippen LogP contribution is 2.36. The third kappa shape index (κ3) is 3.24. The Kier molecular flexibility index (Phi) is 4.54. The molecule has 5 rings (SSSR count). The van der Waals surface area contributed by atoms with Crippen molar-refractivity contribution in [2.24, 2.45) is 0 Å². The molecular formula is C21H25N7O2. The minimum atomic E-state index is -0.527. The van der Waals surface area contributed by atoms with Crippen molar-refractivity contribution in [3.8, 4) is 17.0 Å². The number of fused-ring (bicyclic) bond motifs is 2. The van der Waals surface area contributed by atoms with Gasteiger partial charge < -0.3 is 20.1 Å². The van der Waals surface area contributed by atoms with Gasteiger partial charge in [-0.25, -0.2) is 9.50 Å². The molecular weight excluding hydrogens is 382 g/mol. The molecule has 9 heteroatoms. The lowest BCUT2D eigenvalue weighted by atomic mass is 9.80. The van der Waals surface area contributed by atoms with Crippen LogP contribution in [0.15, 0.2) is 30.9 Å². The second kappa shape index (κ2) is 7.24. The molecule has 0 spiro atoms. The highest BCUT2D eigenvalue weighted by atomic mass is 16.5. The Balaban J connectivity index is 1.46. The Labute approximate surface area is 173 Å². The van der Waals surface area contributed by atoms with E-state index < -0.39 is 5.60 Å². The number of H-pyrrole nitrogens is 1. The van der Waals surface area contributed by atoms with Gasteiger partial charge in [0.25, 0.3) is 0 Å². The molecule has 4 aromatic heterocycles. The second-order valence-electron chi connectivity index (χ2n) is 7.96. The summed E-state index contributed by atoms with van der Waals surface area (Å²) in [6.45, 7) is 2.04. The van der Waals surface area contributed by atoms with Gasteiger partial charge in [-0.05, 0) is 49.8 Å². The number of nitrogens with one attached hydrogen (secondary N) is 2. The number of pyridine rings is 1. The summed E-state index contributed by atoms with van der Waals surface area (Å²) in [7, 11) is 1.62. The van der Waals surface area contributed by atoms with Gasteiger partial charge in [-0.2, -0.15) is 15.1 Å². The Morgan fingerprint density at radius 1 is 1.33 bits per heavy atom. The summed E-state index contributed by atoms with van der Waals surface area (Å²) >= 11 is 0. The fraction of sp³-hybridized carbons (Fsp3) is 0.429. The van der Waals surface area contributed by atoms with Crippen LogP contribution in [-0.2, 0) is 0 Å². The van der Waals surface area contributed by atoms with Gasteiger partial charge in [-0.1, -0.05) is 6.92 Å². The molecule has 1 fully saturated rings. The third-order valence-corrected chi connectivity index (χ3v) is 6.19. The number of aromatic amines is 1. The van der Waals surface area contributed by atoms with Gasteiger partial charge in [-0.3, -0.25) is 0 Å². The number of methoxy groups -OCH3 is 1. The zero-order valence-electron chi connectivity index (χ0n) is 17.1. The standard InChI is InChI=1S/C21H25N7O2/c1-3-21(29)7-4-14(5-8-21)25-20-26-18-17(19(27-20)30-2)15(11-22-18)13-6-9-28-16(10-13)23-12-24-28/h6,9-12,14,29H,3-5,7-8H2,1-2H3,(H2,22,25,26,27). The van der Waals surface area contributed by atoms with Gasteiger partial charge in [0, 0.05) is 24.0 Å². The number of anilines is 1. The highest BCUT2D eigenvalue weighted by Gasteiger charge is 2.31. The number of aliphatic hydroxyl groups is 1. The maximum atomic E-state index is 10.5. The minimum Gasteiger partial charge on any atom is -0.480 e. The van der Waals surface area contributed by atoms with Gasteiger partial charge >= 0.3 is 0 Å². The molecule has 4 heterocycles. The molecule has 1 saturated carbocycles. The van der Waals surface area contributed by atoms with Gasteiger partial charge in [-0.15, -0.1) is 0 Å². The molecule has 0 aromatic carbocycles. The average molecular weight is 407 g/mol. The van der Waals surface area contributed by atoms with E-state index in [-0.39, 0.29) is 6.04 Å². The van der Waals surface area contributed by atoms with Crippen LogP contribution in [-0.4, -0.2) is 53.4 Å². The highest BCUT2D eigenvalue weighted by molar-refractivity contribution is 5.98. The monoisotopic (exact) mass is 407 g/mol. The Morgan fingerprint density at radius 3 is 2.93 bits per heavy atom. The molecule has 1 aliphatic carbocycles. The molecule has 0 unspecified atom stereocenters. The van der Waals surface area contributed by atoms with Crippen LogP contribution < -0.4 is 10.1 Å². The molecule has 0 bridgehead atoms. The molecule has 3 N–H and O–H groups in total. The summed E-state index contributed by atoms with van der Waals surface area (Å²) in [6.07, 6.45) is 9.47. The second-order valence-corrected chi connectivity index (χ2v) is 7.96. The summed E-state index contributed by atoms with van der Waals surface area (Å²) in [5, 5.41) is 18.9. The van der Waals surface area contributed by atoms with E-state index in [1.54, 1.807) is 11.6 Å². The Hall–Kier alpha value is -3.20. The predicted octanol–water partition coefficient (Wildman–Crippen LogP) is 3.17. The summed E-state index contributed by atoms with van der Waals surface area (Å²) < 4.78 is 7.34. The number of hydrogen-bond donors (Lipinski definition) is 3. The van der Waals surface area contributed by atoms with E-state index >= 15 is 0 Å². The van der Waals surface area contributed by atoms with Gasteiger partial charge in [0.1, 0.15) is 12.0 Å². The molecule has 156 valence electrons. The van der Waals surface area contributed by atoms with E-state index in [1.165, 1.54) is 6.33 Å². The van der Waals surface area contributed by atoms with E-state index in [2.05, 4.69) is 30.4 Å². The van der Waals surface area contributed by atoms with Crippen LogP contribution in [0.25, 0.3) is 27.8 Å². The van der Waals surface area contributed by atoms with Crippen molar-refractivity contribution < 1.29 is 9.84 Å². The predicted molar refractivity (Wildman–Crippen MR) is 114 cm³/mol. The van der Waals surface area contributed by atoms with E-state index in [9.17, 15) is 5.11 Å². The number of hydrogen-bond acceptors (Lipinski definition) is 7. The van der Waals surface area contributed by atoms with Crippen LogP contribution in [0.2, 0.25) is 0 Å². The van der Waals surface area contributed by atoms with Crippen molar-refractivity contribution in [3.05, 3.63) is 30.9 Å². The van der Waals surface area contributed by atoms with Crippen molar-refractivity contribution in [3.63, 3.8) is 0 Å². The van der Waals surface area contributed by atoms with E-state index in [4.69, 9.17) is 4.74 Å². The molecule has 1 aliphatic rings. The maximum Gasteiger partial charge on any atom is 0.228 e. The summed E-state index contributed by atoms with van der Waals surface area (Å²) in [4.78, 5) is 16.8. The molecule has 0 atom stereocenters. The molecule has 0 amide bonds. The zero-order valence-corrected chi connectivity index (χ0v) is 17.1. The number of rotatable bonds is 5. The normalized spacial score (nSPS) is 21.9. The van der Waals surface area contributed by atoms with Gasteiger partial charge in [0.2, 0.25) is 11.8 Å². The SMILES string of the molecule is CCC1(O)CCC(Nc2nc(OC)c3c(-c4ccn5ncnc5c4)c[nH]c3n2)CC1. The largest absolute Gasteiger partial charge is 0.480 e. The molecule has 0 radical (unpaired) electrons. The average Bonchev–Trinajstić information content (AvgIpc) is 3.41. The van der Waals surface area contributed by atoms with Crippen LogP contribution in [0.4, 0.5) is 5.95 Å². The van der Waals surface area contributed by atoms with Crippen LogP contribution in [0, 0.1) is 0 Å². The van der Waals surface area contributed by atoms with Crippen LogP contribution in [0.3, 0.4) is 0 Å².